The Balaban J connectivity index is 1.74. The Morgan fingerprint density at radius 3 is 2.47 bits per heavy atom. The fraction of sp³-hybridized carbons (Fsp3) is 0.174. The topological polar surface area (TPSA) is 68.5 Å². The number of carbonyl (C=O) groups is 1. The normalized spacial score (nSPS) is 12.5. The molecule has 2 aromatic heterocycles. The molecule has 32 heavy (non-hydrogen) atoms. The first-order chi connectivity index (χ1) is 15.4. The fourth-order valence-electron chi connectivity index (χ4n) is 3.50. The van der Waals surface area contributed by atoms with Gasteiger partial charge < -0.3 is 10.1 Å². The number of amides is 1. The summed E-state index contributed by atoms with van der Waals surface area (Å²) in [5.74, 6) is 0. The lowest BCUT2D eigenvalue weighted by atomic mass is 10.0. The van der Waals surface area contributed by atoms with Gasteiger partial charge in [0, 0.05) is 11.8 Å². The molecule has 164 valence electrons. The fourth-order valence-corrected chi connectivity index (χ4v) is 3.50. The number of hydrogen-bond acceptors (Lipinski definition) is 4. The van der Waals surface area contributed by atoms with Crippen molar-refractivity contribution < 1.29 is 22.7 Å². The molecule has 0 aliphatic rings. The molecule has 4 aromatic rings. The highest BCUT2D eigenvalue weighted by molar-refractivity contribution is 5.77. The average molecular weight is 440 g/mol. The SMILES string of the molecule is COC(=O)NC(Cc1ccccc1)c1ccnc2c(-c3ccc(C(F)(F)F)cc3)cnn12. The van der Waals surface area contributed by atoms with Gasteiger partial charge in [0.1, 0.15) is 0 Å². The molecule has 2 aromatic carbocycles. The molecule has 2 heterocycles. The quantitative estimate of drug-likeness (QED) is 0.471. The van der Waals surface area contributed by atoms with Gasteiger partial charge in [-0.1, -0.05) is 42.5 Å². The summed E-state index contributed by atoms with van der Waals surface area (Å²) >= 11 is 0. The number of methoxy groups -OCH3 is 1. The van der Waals surface area contributed by atoms with Crippen molar-refractivity contribution in [2.24, 2.45) is 0 Å². The second-order valence-electron chi connectivity index (χ2n) is 7.12. The lowest BCUT2D eigenvalue weighted by molar-refractivity contribution is -0.137. The Kier molecular flexibility index (Phi) is 5.81. The number of nitrogens with one attached hydrogen (secondary N) is 1. The number of aromatic nitrogens is 3. The largest absolute Gasteiger partial charge is 0.453 e. The smallest absolute Gasteiger partial charge is 0.416 e. The summed E-state index contributed by atoms with van der Waals surface area (Å²) in [5.41, 5.74) is 2.52. The second kappa shape index (κ2) is 8.70. The van der Waals surface area contributed by atoms with Crippen LogP contribution in [0.5, 0.6) is 0 Å². The van der Waals surface area contributed by atoms with E-state index in [2.05, 4.69) is 15.4 Å². The molecule has 6 nitrogen and oxygen atoms in total. The van der Waals surface area contributed by atoms with Crippen LogP contribution in [0.3, 0.4) is 0 Å². The van der Waals surface area contributed by atoms with E-state index >= 15 is 0 Å². The zero-order valence-corrected chi connectivity index (χ0v) is 17.0. The van der Waals surface area contributed by atoms with E-state index in [-0.39, 0.29) is 0 Å². The Bertz CT molecular complexity index is 1220. The van der Waals surface area contributed by atoms with Gasteiger partial charge in [-0.2, -0.15) is 18.3 Å². The summed E-state index contributed by atoms with van der Waals surface area (Å²) in [6.45, 7) is 0. The summed E-state index contributed by atoms with van der Waals surface area (Å²) in [5, 5.41) is 7.22. The summed E-state index contributed by atoms with van der Waals surface area (Å²) < 4.78 is 45.0. The molecule has 1 atom stereocenters. The molecule has 1 N–H and O–H groups in total. The Morgan fingerprint density at radius 2 is 1.81 bits per heavy atom. The van der Waals surface area contributed by atoms with Gasteiger partial charge in [-0.15, -0.1) is 0 Å². The van der Waals surface area contributed by atoms with Crippen LogP contribution in [0.1, 0.15) is 22.9 Å². The van der Waals surface area contributed by atoms with Gasteiger partial charge in [-0.05, 0) is 35.7 Å². The third-order valence-corrected chi connectivity index (χ3v) is 5.07. The minimum atomic E-state index is -4.41. The molecule has 0 fully saturated rings. The van der Waals surface area contributed by atoms with Crippen molar-refractivity contribution in [3.05, 3.63) is 89.9 Å². The molecule has 1 amide bonds. The average Bonchev–Trinajstić information content (AvgIpc) is 3.23. The van der Waals surface area contributed by atoms with Gasteiger partial charge >= 0.3 is 12.3 Å². The van der Waals surface area contributed by atoms with E-state index < -0.39 is 23.9 Å². The predicted octanol–water partition coefficient (Wildman–Crippen LogP) is 5.05. The number of hydrogen-bond donors (Lipinski definition) is 1. The Hall–Kier alpha value is -3.88. The van der Waals surface area contributed by atoms with E-state index in [1.165, 1.54) is 19.2 Å². The molecule has 9 heteroatoms. The number of halogens is 3. The first-order valence-corrected chi connectivity index (χ1v) is 9.75. The van der Waals surface area contributed by atoms with Crippen molar-refractivity contribution >= 4 is 11.7 Å². The third kappa shape index (κ3) is 4.41. The number of ether oxygens (including phenoxy) is 1. The van der Waals surface area contributed by atoms with Crippen LogP contribution in [0.4, 0.5) is 18.0 Å². The second-order valence-corrected chi connectivity index (χ2v) is 7.12. The van der Waals surface area contributed by atoms with E-state index in [9.17, 15) is 18.0 Å². The van der Waals surface area contributed by atoms with Crippen LogP contribution >= 0.6 is 0 Å². The van der Waals surface area contributed by atoms with Gasteiger partial charge in [-0.3, -0.25) is 0 Å². The summed E-state index contributed by atoms with van der Waals surface area (Å²) in [6.07, 6.45) is -1.39. The highest BCUT2D eigenvalue weighted by atomic mass is 19.4. The number of benzene rings is 2. The maximum Gasteiger partial charge on any atom is 0.416 e. The Labute approximate surface area is 181 Å². The maximum atomic E-state index is 12.9. The minimum Gasteiger partial charge on any atom is -0.453 e. The number of fused-ring (bicyclic) bond motifs is 1. The standard InChI is InChI=1S/C23H19F3N4O2/c1-32-22(31)29-19(13-15-5-3-2-4-6-15)20-11-12-27-21-18(14-28-30(20)21)16-7-9-17(10-8-16)23(24,25)26/h2-12,14,19H,13H2,1H3,(H,29,31). The molecule has 0 bridgehead atoms. The maximum absolute atomic E-state index is 12.9. The number of alkyl halides is 3. The lowest BCUT2D eigenvalue weighted by Crippen LogP contribution is -2.31. The number of rotatable bonds is 5. The monoisotopic (exact) mass is 440 g/mol. The number of nitrogens with zero attached hydrogens (tertiary/aromatic N) is 3. The minimum absolute atomic E-state index is 0.465. The van der Waals surface area contributed by atoms with Gasteiger partial charge in [0.2, 0.25) is 0 Å². The van der Waals surface area contributed by atoms with Crippen molar-refractivity contribution in [2.45, 2.75) is 18.6 Å². The first-order valence-electron chi connectivity index (χ1n) is 9.75. The highest BCUT2D eigenvalue weighted by Gasteiger charge is 2.30. The third-order valence-electron chi connectivity index (χ3n) is 5.07. The zero-order valence-electron chi connectivity index (χ0n) is 17.0. The van der Waals surface area contributed by atoms with Crippen LogP contribution in [0, 0.1) is 0 Å². The van der Waals surface area contributed by atoms with Crippen molar-refractivity contribution in [1.29, 1.82) is 0 Å². The molecular formula is C23H19F3N4O2. The summed E-state index contributed by atoms with van der Waals surface area (Å²) in [7, 11) is 1.29. The number of alkyl carbamates (subject to hydrolysis) is 1. The molecule has 0 aliphatic heterocycles. The molecule has 0 radical (unpaired) electrons. The first kappa shape index (κ1) is 21.4. The van der Waals surface area contributed by atoms with E-state index in [0.29, 0.717) is 28.9 Å². The molecule has 0 spiro atoms. The van der Waals surface area contributed by atoms with Gasteiger partial charge in [0.15, 0.2) is 5.65 Å². The van der Waals surface area contributed by atoms with Crippen LogP contribution in [0.15, 0.2) is 73.1 Å². The lowest BCUT2D eigenvalue weighted by Gasteiger charge is -2.19. The Morgan fingerprint density at radius 1 is 1.09 bits per heavy atom. The summed E-state index contributed by atoms with van der Waals surface area (Å²) in [4.78, 5) is 16.4. The van der Waals surface area contributed by atoms with Crippen molar-refractivity contribution in [3.8, 4) is 11.1 Å². The highest BCUT2D eigenvalue weighted by Crippen LogP contribution is 2.32. The molecule has 0 saturated carbocycles. The van der Waals surface area contributed by atoms with Gasteiger partial charge in [0.25, 0.3) is 0 Å². The van der Waals surface area contributed by atoms with E-state index in [0.717, 1.165) is 17.7 Å². The van der Waals surface area contributed by atoms with Gasteiger partial charge in [-0.25, -0.2) is 14.3 Å². The van der Waals surface area contributed by atoms with Crippen molar-refractivity contribution in [1.82, 2.24) is 19.9 Å². The van der Waals surface area contributed by atoms with Crippen molar-refractivity contribution in [3.63, 3.8) is 0 Å². The molecule has 1 unspecified atom stereocenters. The van der Waals surface area contributed by atoms with Crippen LogP contribution in [-0.2, 0) is 17.3 Å². The molecular weight excluding hydrogens is 421 g/mol. The predicted molar refractivity (Wildman–Crippen MR) is 112 cm³/mol. The van der Waals surface area contributed by atoms with Gasteiger partial charge in [0.05, 0.1) is 30.6 Å². The molecule has 0 aliphatic carbocycles. The molecule has 4 rings (SSSR count). The molecule has 0 saturated heterocycles. The van der Waals surface area contributed by atoms with Crippen molar-refractivity contribution in [2.75, 3.05) is 7.11 Å². The van der Waals surface area contributed by atoms with Crippen LogP contribution in [0.25, 0.3) is 16.8 Å². The van der Waals surface area contributed by atoms with Crippen LogP contribution in [-0.4, -0.2) is 27.8 Å². The van der Waals surface area contributed by atoms with E-state index in [1.54, 1.807) is 23.0 Å². The van der Waals surface area contributed by atoms with Crippen LogP contribution in [0.2, 0.25) is 0 Å². The zero-order chi connectivity index (χ0) is 22.7. The van der Waals surface area contributed by atoms with Crippen LogP contribution < -0.4 is 5.32 Å². The summed E-state index contributed by atoms with van der Waals surface area (Å²) in [6, 6.07) is 15.7. The van der Waals surface area contributed by atoms with E-state index in [4.69, 9.17) is 4.74 Å². The number of carbonyl (C=O) groups excluding carboxylic acids is 1. The van der Waals surface area contributed by atoms with E-state index in [1.807, 2.05) is 30.3 Å².